The van der Waals surface area contributed by atoms with Gasteiger partial charge in [-0.3, -0.25) is 9.59 Å². The third kappa shape index (κ3) is 2.83. The van der Waals surface area contributed by atoms with Gasteiger partial charge in [0.15, 0.2) is 0 Å². The number of aliphatic carboxylic acids is 1. The van der Waals surface area contributed by atoms with Gasteiger partial charge in [0, 0.05) is 0 Å². The van der Waals surface area contributed by atoms with Gasteiger partial charge in [-0.2, -0.15) is 5.26 Å². The highest BCUT2D eigenvalue weighted by atomic mass is 32.1. The van der Waals surface area contributed by atoms with E-state index in [-0.39, 0.29) is 11.8 Å². The topological polar surface area (TPSA) is 90.2 Å². The molecule has 5 nitrogen and oxygen atoms in total. The van der Waals surface area contributed by atoms with Crippen LogP contribution in [0.5, 0.6) is 0 Å². The van der Waals surface area contributed by atoms with E-state index in [2.05, 4.69) is 5.32 Å². The number of hydrogen-bond donors (Lipinski definition) is 2. The van der Waals surface area contributed by atoms with E-state index < -0.39 is 17.8 Å². The van der Waals surface area contributed by atoms with Gasteiger partial charge in [0.2, 0.25) is 5.91 Å². The zero-order chi connectivity index (χ0) is 14.7. The lowest BCUT2D eigenvalue weighted by Crippen LogP contribution is -2.29. The number of carboxylic acid groups (broad SMARTS) is 1. The summed E-state index contributed by atoms with van der Waals surface area (Å²) in [5.74, 6) is -2.04. The highest BCUT2D eigenvalue weighted by Gasteiger charge is 2.42. The monoisotopic (exact) mass is 292 g/mol. The lowest BCUT2D eigenvalue weighted by molar-refractivity contribution is -0.145. The van der Waals surface area contributed by atoms with Crippen molar-refractivity contribution in [3.63, 3.8) is 0 Å². The van der Waals surface area contributed by atoms with Crippen LogP contribution in [0.2, 0.25) is 0 Å². The van der Waals surface area contributed by atoms with E-state index in [0.717, 1.165) is 6.42 Å². The molecule has 106 valence electrons. The second-order valence-electron chi connectivity index (χ2n) is 5.06. The number of amides is 1. The SMILES string of the molecule is CCC1C[C@H](C(=O)Nc2sccc2C#N)[C@H](C(=O)O)C1. The Morgan fingerprint density at radius 1 is 1.50 bits per heavy atom. The van der Waals surface area contributed by atoms with Crippen molar-refractivity contribution in [2.45, 2.75) is 26.2 Å². The molecular formula is C14H16N2O3S. The van der Waals surface area contributed by atoms with Gasteiger partial charge in [-0.25, -0.2) is 0 Å². The van der Waals surface area contributed by atoms with E-state index in [1.165, 1.54) is 11.3 Å². The van der Waals surface area contributed by atoms with Crippen molar-refractivity contribution in [1.82, 2.24) is 0 Å². The van der Waals surface area contributed by atoms with Crippen molar-refractivity contribution in [3.8, 4) is 6.07 Å². The van der Waals surface area contributed by atoms with Gasteiger partial charge < -0.3 is 10.4 Å². The van der Waals surface area contributed by atoms with Crippen LogP contribution in [0.1, 0.15) is 31.7 Å². The van der Waals surface area contributed by atoms with Gasteiger partial charge >= 0.3 is 5.97 Å². The number of carbonyl (C=O) groups is 2. The van der Waals surface area contributed by atoms with Gasteiger partial charge in [0.1, 0.15) is 11.1 Å². The molecule has 0 spiro atoms. The number of carboxylic acids is 1. The van der Waals surface area contributed by atoms with Gasteiger partial charge in [-0.05, 0) is 30.2 Å². The summed E-state index contributed by atoms with van der Waals surface area (Å²) >= 11 is 1.28. The summed E-state index contributed by atoms with van der Waals surface area (Å²) in [7, 11) is 0. The van der Waals surface area contributed by atoms with Gasteiger partial charge in [-0.15, -0.1) is 11.3 Å². The number of carbonyl (C=O) groups excluding carboxylic acids is 1. The van der Waals surface area contributed by atoms with E-state index in [4.69, 9.17) is 5.26 Å². The van der Waals surface area contributed by atoms with Crippen LogP contribution in [-0.2, 0) is 9.59 Å². The maximum atomic E-state index is 12.3. The first-order valence-electron chi connectivity index (χ1n) is 6.58. The lowest BCUT2D eigenvalue weighted by Gasteiger charge is -2.14. The Morgan fingerprint density at radius 3 is 2.80 bits per heavy atom. The number of thiophene rings is 1. The standard InChI is InChI=1S/C14H16N2O3S/c1-2-8-5-10(11(6-8)14(18)19)12(17)16-13-9(7-15)3-4-20-13/h3-4,8,10-11H,2,5-6H2,1H3,(H,16,17)(H,18,19)/t8?,10-,11+/m0/s1. The minimum Gasteiger partial charge on any atom is -0.481 e. The van der Waals surface area contributed by atoms with Crippen LogP contribution in [0, 0.1) is 29.1 Å². The zero-order valence-electron chi connectivity index (χ0n) is 11.1. The molecule has 1 heterocycles. The Bertz CT molecular complexity index is 561. The molecule has 2 N–H and O–H groups in total. The summed E-state index contributed by atoms with van der Waals surface area (Å²) in [6.45, 7) is 2.01. The molecule has 3 atom stereocenters. The van der Waals surface area contributed by atoms with E-state index in [1.807, 2.05) is 13.0 Å². The minimum absolute atomic E-state index is 0.283. The molecule has 1 aromatic rings. The molecule has 1 aliphatic rings. The van der Waals surface area contributed by atoms with Gasteiger partial charge in [0.25, 0.3) is 0 Å². The molecule has 2 rings (SSSR count). The Labute approximate surface area is 121 Å². The van der Waals surface area contributed by atoms with Crippen LogP contribution < -0.4 is 5.32 Å². The highest BCUT2D eigenvalue weighted by molar-refractivity contribution is 7.14. The second kappa shape index (κ2) is 6.06. The summed E-state index contributed by atoms with van der Waals surface area (Å²) in [5.41, 5.74) is 0.417. The zero-order valence-corrected chi connectivity index (χ0v) is 11.9. The van der Waals surface area contributed by atoms with Crippen LogP contribution in [0.3, 0.4) is 0 Å². The Balaban J connectivity index is 2.12. The first kappa shape index (κ1) is 14.5. The number of nitrogens with one attached hydrogen (secondary N) is 1. The van der Waals surface area contributed by atoms with E-state index in [0.29, 0.717) is 23.4 Å². The van der Waals surface area contributed by atoms with E-state index in [9.17, 15) is 14.7 Å². The fraction of sp³-hybridized carbons (Fsp3) is 0.500. The van der Waals surface area contributed by atoms with Crippen molar-refractivity contribution >= 4 is 28.2 Å². The predicted octanol–water partition coefficient (Wildman–Crippen LogP) is 2.70. The largest absolute Gasteiger partial charge is 0.481 e. The lowest BCUT2D eigenvalue weighted by atomic mass is 9.95. The summed E-state index contributed by atoms with van der Waals surface area (Å²) in [6.07, 6.45) is 2.04. The summed E-state index contributed by atoms with van der Waals surface area (Å²) in [6, 6.07) is 3.64. The summed E-state index contributed by atoms with van der Waals surface area (Å²) < 4.78 is 0. The number of nitriles is 1. The van der Waals surface area contributed by atoms with Crippen LogP contribution in [0.25, 0.3) is 0 Å². The molecular weight excluding hydrogens is 276 g/mol. The van der Waals surface area contributed by atoms with Crippen LogP contribution >= 0.6 is 11.3 Å². The molecule has 0 aliphatic heterocycles. The minimum atomic E-state index is -0.909. The molecule has 1 aliphatic carbocycles. The molecule has 1 aromatic heterocycles. The average molecular weight is 292 g/mol. The molecule has 1 amide bonds. The molecule has 0 bridgehead atoms. The van der Waals surface area contributed by atoms with Crippen LogP contribution in [0.4, 0.5) is 5.00 Å². The van der Waals surface area contributed by atoms with Crippen LogP contribution in [-0.4, -0.2) is 17.0 Å². The Hall–Kier alpha value is -1.87. The normalized spacial score (nSPS) is 25.1. The fourth-order valence-electron chi connectivity index (χ4n) is 2.74. The summed E-state index contributed by atoms with van der Waals surface area (Å²) in [4.78, 5) is 23.6. The number of rotatable bonds is 4. The Kier molecular flexibility index (Phi) is 4.40. The molecule has 0 saturated heterocycles. The first-order chi connectivity index (χ1) is 9.56. The third-order valence-electron chi connectivity index (χ3n) is 3.91. The first-order valence-corrected chi connectivity index (χ1v) is 7.46. The van der Waals surface area contributed by atoms with Crippen molar-refractivity contribution in [3.05, 3.63) is 17.0 Å². The smallest absolute Gasteiger partial charge is 0.307 e. The van der Waals surface area contributed by atoms with E-state index >= 15 is 0 Å². The summed E-state index contributed by atoms with van der Waals surface area (Å²) in [5, 5.41) is 23.1. The molecule has 1 saturated carbocycles. The number of nitrogens with zero attached hydrogens (tertiary/aromatic N) is 1. The van der Waals surface area contributed by atoms with Crippen LogP contribution in [0.15, 0.2) is 11.4 Å². The predicted molar refractivity (Wildman–Crippen MR) is 75.3 cm³/mol. The van der Waals surface area contributed by atoms with Crippen molar-refractivity contribution in [2.75, 3.05) is 5.32 Å². The Morgan fingerprint density at radius 2 is 2.20 bits per heavy atom. The third-order valence-corrected chi connectivity index (χ3v) is 4.74. The molecule has 0 radical (unpaired) electrons. The molecule has 20 heavy (non-hydrogen) atoms. The average Bonchev–Trinajstić information content (AvgIpc) is 3.04. The molecule has 1 fully saturated rings. The van der Waals surface area contributed by atoms with Gasteiger partial charge in [-0.1, -0.05) is 13.3 Å². The highest BCUT2D eigenvalue weighted by Crippen LogP contribution is 2.39. The molecule has 0 aromatic carbocycles. The van der Waals surface area contributed by atoms with Crippen molar-refractivity contribution in [1.29, 1.82) is 5.26 Å². The fourth-order valence-corrected chi connectivity index (χ4v) is 3.48. The second-order valence-corrected chi connectivity index (χ2v) is 5.98. The maximum absolute atomic E-state index is 12.3. The number of anilines is 1. The van der Waals surface area contributed by atoms with Crippen molar-refractivity contribution in [2.24, 2.45) is 17.8 Å². The molecule has 1 unspecified atom stereocenters. The van der Waals surface area contributed by atoms with Gasteiger partial charge in [0.05, 0.1) is 17.4 Å². The molecule has 6 heteroatoms. The van der Waals surface area contributed by atoms with Crippen molar-refractivity contribution < 1.29 is 14.7 Å². The quantitative estimate of drug-likeness (QED) is 0.892. The van der Waals surface area contributed by atoms with E-state index in [1.54, 1.807) is 11.4 Å². The maximum Gasteiger partial charge on any atom is 0.307 e. The number of hydrogen-bond acceptors (Lipinski definition) is 4.